The number of phenolic OH excluding ortho intramolecular Hbond substituents is 2. The van der Waals surface area contributed by atoms with Gasteiger partial charge in [0.2, 0.25) is 0 Å². The van der Waals surface area contributed by atoms with Gasteiger partial charge in [-0.2, -0.15) is 0 Å². The first-order valence-corrected chi connectivity index (χ1v) is 7.28. The molecule has 2 N–H and O–H groups in total. The monoisotopic (exact) mass is 270 g/mol. The van der Waals surface area contributed by atoms with E-state index in [2.05, 4.69) is 32.0 Å². The van der Waals surface area contributed by atoms with Crippen molar-refractivity contribution < 1.29 is 10.2 Å². The molecule has 0 aliphatic carbocycles. The minimum atomic E-state index is -0.0349. The molecular weight excluding hydrogens is 248 g/mol. The van der Waals surface area contributed by atoms with Gasteiger partial charge in [0.05, 0.1) is 0 Å². The predicted octanol–water partition coefficient (Wildman–Crippen LogP) is 4.45. The fourth-order valence-electron chi connectivity index (χ4n) is 2.71. The Morgan fingerprint density at radius 1 is 0.800 bits per heavy atom. The minimum absolute atomic E-state index is 0.00304. The summed E-state index contributed by atoms with van der Waals surface area (Å²) in [6.45, 7) is 6.25. The lowest BCUT2D eigenvalue weighted by molar-refractivity contribution is 0.400. The van der Waals surface area contributed by atoms with E-state index in [9.17, 15) is 10.2 Å². The van der Waals surface area contributed by atoms with Gasteiger partial charge in [-0.15, -0.1) is 0 Å². The first-order valence-electron chi connectivity index (χ1n) is 7.28. The summed E-state index contributed by atoms with van der Waals surface area (Å²) in [6.07, 6.45) is 2.60. The Bertz CT molecular complexity index is 593. The second kappa shape index (κ2) is 6.00. The van der Waals surface area contributed by atoms with Crippen LogP contribution in [0.3, 0.4) is 0 Å². The maximum absolute atomic E-state index is 9.95. The van der Waals surface area contributed by atoms with Crippen LogP contribution in [0.2, 0.25) is 0 Å². The lowest BCUT2D eigenvalue weighted by Gasteiger charge is -2.15. The number of aromatic hydroxyl groups is 2. The van der Waals surface area contributed by atoms with E-state index in [1.807, 2.05) is 13.0 Å². The molecule has 0 spiro atoms. The highest BCUT2D eigenvalue weighted by Crippen LogP contribution is 2.37. The Morgan fingerprint density at radius 3 is 1.85 bits per heavy atom. The van der Waals surface area contributed by atoms with Gasteiger partial charge in [0.25, 0.3) is 0 Å². The number of benzene rings is 2. The Labute approximate surface area is 120 Å². The molecule has 0 amide bonds. The molecule has 2 nitrogen and oxygen atoms in total. The molecule has 0 aliphatic rings. The van der Waals surface area contributed by atoms with Crippen molar-refractivity contribution in [2.24, 2.45) is 0 Å². The molecule has 2 aromatic carbocycles. The molecule has 20 heavy (non-hydrogen) atoms. The summed E-state index contributed by atoms with van der Waals surface area (Å²) >= 11 is 0. The second-order valence-electron chi connectivity index (χ2n) is 5.02. The van der Waals surface area contributed by atoms with Gasteiger partial charge in [-0.3, -0.25) is 0 Å². The van der Waals surface area contributed by atoms with Gasteiger partial charge in [0.15, 0.2) is 11.5 Å². The van der Waals surface area contributed by atoms with Gasteiger partial charge in [0.1, 0.15) is 0 Å². The lowest BCUT2D eigenvalue weighted by Crippen LogP contribution is -1.95. The van der Waals surface area contributed by atoms with Crippen molar-refractivity contribution in [2.75, 3.05) is 0 Å². The van der Waals surface area contributed by atoms with Crippen LogP contribution in [-0.2, 0) is 19.3 Å². The number of aryl methyl sites for hydroxylation is 3. The molecule has 0 heterocycles. The van der Waals surface area contributed by atoms with Crippen molar-refractivity contribution >= 4 is 0 Å². The van der Waals surface area contributed by atoms with Gasteiger partial charge >= 0.3 is 0 Å². The molecule has 0 saturated heterocycles. The summed E-state index contributed by atoms with van der Waals surface area (Å²) in [5, 5.41) is 19.8. The number of rotatable bonds is 4. The SMILES string of the molecule is CCc1cc(-c2c(CC)cccc2CC)cc(O)c1O. The molecule has 0 unspecified atom stereocenters. The van der Waals surface area contributed by atoms with Crippen molar-refractivity contribution in [1.82, 2.24) is 0 Å². The summed E-state index contributed by atoms with van der Waals surface area (Å²) in [5.41, 5.74) is 5.52. The normalized spacial score (nSPS) is 10.8. The number of hydrogen-bond acceptors (Lipinski definition) is 2. The van der Waals surface area contributed by atoms with Crippen LogP contribution < -0.4 is 0 Å². The lowest BCUT2D eigenvalue weighted by atomic mass is 9.90. The van der Waals surface area contributed by atoms with Gasteiger partial charge in [0, 0.05) is 0 Å². The van der Waals surface area contributed by atoms with Crippen molar-refractivity contribution in [3.05, 3.63) is 47.0 Å². The van der Waals surface area contributed by atoms with Gasteiger partial charge in [-0.25, -0.2) is 0 Å². The zero-order valence-electron chi connectivity index (χ0n) is 12.4. The van der Waals surface area contributed by atoms with E-state index in [-0.39, 0.29) is 11.5 Å². The maximum atomic E-state index is 9.95. The third-order valence-electron chi connectivity index (χ3n) is 3.84. The highest BCUT2D eigenvalue weighted by atomic mass is 16.3. The molecule has 106 valence electrons. The molecule has 0 saturated carbocycles. The van der Waals surface area contributed by atoms with Crippen LogP contribution in [0.4, 0.5) is 0 Å². The minimum Gasteiger partial charge on any atom is -0.504 e. The quantitative estimate of drug-likeness (QED) is 0.806. The predicted molar refractivity (Wildman–Crippen MR) is 83.3 cm³/mol. The van der Waals surface area contributed by atoms with Crippen LogP contribution >= 0.6 is 0 Å². The molecule has 0 aliphatic heterocycles. The van der Waals surface area contributed by atoms with Crippen LogP contribution in [0.1, 0.15) is 37.5 Å². The van der Waals surface area contributed by atoms with E-state index >= 15 is 0 Å². The second-order valence-corrected chi connectivity index (χ2v) is 5.02. The first kappa shape index (κ1) is 14.4. The van der Waals surface area contributed by atoms with E-state index in [0.29, 0.717) is 6.42 Å². The van der Waals surface area contributed by atoms with Crippen molar-refractivity contribution in [3.8, 4) is 22.6 Å². The molecule has 2 aromatic rings. The van der Waals surface area contributed by atoms with Crippen LogP contribution in [0.5, 0.6) is 11.5 Å². The molecule has 0 aromatic heterocycles. The number of hydrogen-bond donors (Lipinski definition) is 2. The topological polar surface area (TPSA) is 40.5 Å². The highest BCUT2D eigenvalue weighted by Gasteiger charge is 2.13. The van der Waals surface area contributed by atoms with Crippen molar-refractivity contribution in [2.45, 2.75) is 40.0 Å². The smallest absolute Gasteiger partial charge is 0.160 e. The largest absolute Gasteiger partial charge is 0.504 e. The fraction of sp³-hybridized carbons (Fsp3) is 0.333. The first-order chi connectivity index (χ1) is 9.62. The molecular formula is C18H22O2. The van der Waals surface area contributed by atoms with Crippen LogP contribution in [-0.4, -0.2) is 10.2 Å². The summed E-state index contributed by atoms with van der Waals surface area (Å²) in [7, 11) is 0. The van der Waals surface area contributed by atoms with Gasteiger partial charge < -0.3 is 10.2 Å². The van der Waals surface area contributed by atoms with E-state index in [1.165, 1.54) is 16.7 Å². The molecule has 2 rings (SSSR count). The fourth-order valence-corrected chi connectivity index (χ4v) is 2.71. The van der Waals surface area contributed by atoms with Gasteiger partial charge in [-0.05, 0) is 59.2 Å². The van der Waals surface area contributed by atoms with Gasteiger partial charge in [-0.1, -0.05) is 39.0 Å². The molecule has 0 bridgehead atoms. The zero-order chi connectivity index (χ0) is 14.7. The Kier molecular flexibility index (Phi) is 4.33. The Balaban J connectivity index is 2.71. The number of phenols is 2. The Morgan fingerprint density at radius 2 is 1.35 bits per heavy atom. The summed E-state index contributed by atoms with van der Waals surface area (Å²) < 4.78 is 0. The standard InChI is InChI=1S/C18H22O2/c1-4-12-8-7-9-13(5-2)17(12)15-10-14(6-3)18(20)16(19)11-15/h7-11,19-20H,4-6H2,1-3H3. The molecule has 2 heteroatoms. The van der Waals surface area contributed by atoms with E-state index < -0.39 is 0 Å². The van der Waals surface area contributed by atoms with E-state index in [4.69, 9.17) is 0 Å². The van der Waals surface area contributed by atoms with Crippen LogP contribution in [0.25, 0.3) is 11.1 Å². The summed E-state index contributed by atoms with van der Waals surface area (Å²) in [6, 6.07) is 10.0. The Hall–Kier alpha value is -1.96. The average Bonchev–Trinajstić information content (AvgIpc) is 2.48. The molecule has 0 fully saturated rings. The third-order valence-corrected chi connectivity index (χ3v) is 3.84. The van der Waals surface area contributed by atoms with Crippen molar-refractivity contribution in [3.63, 3.8) is 0 Å². The average molecular weight is 270 g/mol. The van der Waals surface area contributed by atoms with E-state index in [0.717, 1.165) is 24.0 Å². The highest BCUT2D eigenvalue weighted by molar-refractivity contribution is 5.74. The third kappa shape index (κ3) is 2.51. The molecule has 0 atom stereocenters. The zero-order valence-corrected chi connectivity index (χ0v) is 12.4. The van der Waals surface area contributed by atoms with E-state index in [1.54, 1.807) is 6.07 Å². The summed E-state index contributed by atoms with van der Waals surface area (Å²) in [4.78, 5) is 0. The van der Waals surface area contributed by atoms with Crippen molar-refractivity contribution in [1.29, 1.82) is 0 Å². The van der Waals surface area contributed by atoms with Crippen LogP contribution in [0, 0.1) is 0 Å². The maximum Gasteiger partial charge on any atom is 0.160 e. The summed E-state index contributed by atoms with van der Waals surface area (Å²) in [5.74, 6) is -0.0319. The molecule has 0 radical (unpaired) electrons. The van der Waals surface area contributed by atoms with Crippen LogP contribution in [0.15, 0.2) is 30.3 Å².